The summed E-state index contributed by atoms with van der Waals surface area (Å²) in [5, 5.41) is 13.8. The van der Waals surface area contributed by atoms with E-state index in [1.807, 2.05) is 0 Å². The molecule has 0 bridgehead atoms. The molecule has 21 heavy (non-hydrogen) atoms. The molecule has 2 aromatic carbocycles. The lowest BCUT2D eigenvalue weighted by molar-refractivity contribution is -0.384. The standard InChI is InChI=1S/C14H11ClF2N2O2/c1-8(14-11(16)3-2-4-12(14)17)18-13-7-9(19(20)21)5-6-10(13)15/h2-8,18H,1H3. The predicted octanol–water partition coefficient (Wildman–Crippen LogP) is 4.70. The molecule has 0 aliphatic rings. The van der Waals surface area contributed by atoms with Crippen LogP contribution in [0, 0.1) is 21.7 Å². The highest BCUT2D eigenvalue weighted by atomic mass is 35.5. The van der Waals surface area contributed by atoms with Gasteiger partial charge in [-0.15, -0.1) is 0 Å². The van der Waals surface area contributed by atoms with Crippen LogP contribution in [0.25, 0.3) is 0 Å². The Bertz CT molecular complexity index is 674. The monoisotopic (exact) mass is 312 g/mol. The van der Waals surface area contributed by atoms with Gasteiger partial charge in [0.25, 0.3) is 5.69 Å². The molecule has 0 saturated heterocycles. The lowest BCUT2D eigenvalue weighted by Crippen LogP contribution is -2.11. The van der Waals surface area contributed by atoms with Crippen LogP contribution >= 0.6 is 11.6 Å². The minimum atomic E-state index is -0.745. The fourth-order valence-corrected chi connectivity index (χ4v) is 2.14. The van der Waals surface area contributed by atoms with Crippen molar-refractivity contribution in [3.63, 3.8) is 0 Å². The van der Waals surface area contributed by atoms with Gasteiger partial charge in [0.2, 0.25) is 0 Å². The van der Waals surface area contributed by atoms with Crippen LogP contribution in [0.1, 0.15) is 18.5 Å². The Hall–Kier alpha value is -2.21. The molecular weight excluding hydrogens is 302 g/mol. The average Bonchev–Trinajstić information content (AvgIpc) is 2.40. The molecule has 4 nitrogen and oxygen atoms in total. The number of rotatable bonds is 4. The first-order valence-electron chi connectivity index (χ1n) is 6.04. The molecule has 0 aromatic heterocycles. The molecule has 1 unspecified atom stereocenters. The molecule has 0 radical (unpaired) electrons. The van der Waals surface area contributed by atoms with Crippen LogP contribution in [0.5, 0.6) is 0 Å². The maximum absolute atomic E-state index is 13.7. The van der Waals surface area contributed by atoms with E-state index in [4.69, 9.17) is 11.6 Å². The van der Waals surface area contributed by atoms with Crippen molar-refractivity contribution in [1.82, 2.24) is 0 Å². The van der Waals surface area contributed by atoms with Gasteiger partial charge in [0.15, 0.2) is 0 Å². The highest BCUT2D eigenvalue weighted by Crippen LogP contribution is 2.31. The topological polar surface area (TPSA) is 55.2 Å². The third-order valence-corrected chi connectivity index (χ3v) is 3.30. The molecule has 0 fully saturated rings. The molecule has 0 amide bonds. The number of hydrogen-bond acceptors (Lipinski definition) is 3. The zero-order chi connectivity index (χ0) is 15.6. The number of nitrogens with one attached hydrogen (secondary N) is 1. The summed E-state index contributed by atoms with van der Waals surface area (Å²) in [5.41, 5.74) is -0.0794. The number of non-ortho nitro benzene ring substituents is 1. The molecule has 0 heterocycles. The number of nitrogens with zero attached hydrogens (tertiary/aromatic N) is 1. The van der Waals surface area contributed by atoms with Gasteiger partial charge < -0.3 is 5.32 Å². The van der Waals surface area contributed by atoms with Crippen LogP contribution in [0.4, 0.5) is 20.2 Å². The summed E-state index contributed by atoms with van der Waals surface area (Å²) in [5.74, 6) is -1.40. The molecule has 2 aromatic rings. The fraction of sp³-hybridized carbons (Fsp3) is 0.143. The van der Waals surface area contributed by atoms with Gasteiger partial charge in [-0.3, -0.25) is 10.1 Å². The van der Waals surface area contributed by atoms with Crippen LogP contribution < -0.4 is 5.32 Å². The summed E-state index contributed by atoms with van der Waals surface area (Å²) in [4.78, 5) is 10.2. The van der Waals surface area contributed by atoms with E-state index in [0.29, 0.717) is 0 Å². The van der Waals surface area contributed by atoms with E-state index in [2.05, 4.69) is 5.32 Å². The Balaban J connectivity index is 2.33. The summed E-state index contributed by atoms with van der Waals surface area (Å²) in [6.07, 6.45) is 0. The minimum absolute atomic E-state index is 0.153. The van der Waals surface area contributed by atoms with Crippen molar-refractivity contribution in [2.75, 3.05) is 5.32 Å². The molecule has 0 aliphatic heterocycles. The van der Waals surface area contributed by atoms with E-state index < -0.39 is 22.6 Å². The van der Waals surface area contributed by atoms with Crippen molar-refractivity contribution in [2.45, 2.75) is 13.0 Å². The summed E-state index contributed by atoms with van der Waals surface area (Å²) >= 11 is 5.94. The zero-order valence-electron chi connectivity index (χ0n) is 10.9. The lowest BCUT2D eigenvalue weighted by Gasteiger charge is -2.17. The maximum atomic E-state index is 13.7. The fourth-order valence-electron chi connectivity index (χ4n) is 1.97. The molecular formula is C14H11ClF2N2O2. The average molecular weight is 313 g/mol. The second-order valence-electron chi connectivity index (χ2n) is 4.42. The maximum Gasteiger partial charge on any atom is 0.271 e. The Morgan fingerprint density at radius 3 is 2.43 bits per heavy atom. The molecule has 110 valence electrons. The second-order valence-corrected chi connectivity index (χ2v) is 4.83. The summed E-state index contributed by atoms with van der Waals surface area (Å²) in [7, 11) is 0. The van der Waals surface area contributed by atoms with E-state index in [1.54, 1.807) is 0 Å². The number of anilines is 1. The van der Waals surface area contributed by atoms with Crippen molar-refractivity contribution in [2.24, 2.45) is 0 Å². The van der Waals surface area contributed by atoms with Crippen molar-refractivity contribution in [3.8, 4) is 0 Å². The number of hydrogen-bond donors (Lipinski definition) is 1. The lowest BCUT2D eigenvalue weighted by atomic mass is 10.1. The predicted molar refractivity (Wildman–Crippen MR) is 76.5 cm³/mol. The third kappa shape index (κ3) is 3.28. The SMILES string of the molecule is CC(Nc1cc([N+](=O)[O-])ccc1Cl)c1c(F)cccc1F. The largest absolute Gasteiger partial charge is 0.377 e. The first-order chi connectivity index (χ1) is 9.90. The van der Waals surface area contributed by atoms with Crippen molar-refractivity contribution in [3.05, 3.63) is 68.7 Å². The van der Waals surface area contributed by atoms with Gasteiger partial charge in [-0.1, -0.05) is 17.7 Å². The third-order valence-electron chi connectivity index (χ3n) is 2.97. The molecule has 1 N–H and O–H groups in total. The van der Waals surface area contributed by atoms with Gasteiger partial charge in [0.1, 0.15) is 11.6 Å². The Morgan fingerprint density at radius 1 is 1.24 bits per heavy atom. The molecule has 1 atom stereocenters. The van der Waals surface area contributed by atoms with Gasteiger partial charge in [-0.05, 0) is 25.1 Å². The molecule has 0 aliphatic carbocycles. The van der Waals surface area contributed by atoms with Crippen LogP contribution in [0.3, 0.4) is 0 Å². The van der Waals surface area contributed by atoms with Crippen LogP contribution in [-0.2, 0) is 0 Å². The van der Waals surface area contributed by atoms with Gasteiger partial charge in [0, 0.05) is 17.7 Å². The number of halogens is 3. The first kappa shape index (κ1) is 15.2. The summed E-state index contributed by atoms with van der Waals surface area (Å²) < 4.78 is 27.4. The van der Waals surface area contributed by atoms with Crippen LogP contribution in [0.15, 0.2) is 36.4 Å². The Kier molecular flexibility index (Phi) is 4.37. The smallest absolute Gasteiger partial charge is 0.271 e. The highest BCUT2D eigenvalue weighted by molar-refractivity contribution is 6.33. The van der Waals surface area contributed by atoms with Crippen molar-refractivity contribution >= 4 is 23.0 Å². The van der Waals surface area contributed by atoms with Crippen molar-refractivity contribution < 1.29 is 13.7 Å². The minimum Gasteiger partial charge on any atom is -0.377 e. The van der Waals surface area contributed by atoms with Gasteiger partial charge in [0.05, 0.1) is 21.7 Å². The van der Waals surface area contributed by atoms with Gasteiger partial charge in [-0.25, -0.2) is 8.78 Å². The normalized spacial score (nSPS) is 12.0. The van der Waals surface area contributed by atoms with Crippen LogP contribution in [0.2, 0.25) is 5.02 Å². The van der Waals surface area contributed by atoms with Crippen LogP contribution in [-0.4, -0.2) is 4.92 Å². The molecule has 0 spiro atoms. The highest BCUT2D eigenvalue weighted by Gasteiger charge is 2.18. The van der Waals surface area contributed by atoms with E-state index in [9.17, 15) is 18.9 Å². The molecule has 7 heteroatoms. The summed E-state index contributed by atoms with van der Waals surface area (Å²) in [6, 6.07) is 6.63. The van der Waals surface area contributed by atoms with Gasteiger partial charge >= 0.3 is 0 Å². The quantitative estimate of drug-likeness (QED) is 0.657. The van der Waals surface area contributed by atoms with Gasteiger partial charge in [-0.2, -0.15) is 0 Å². The molecule has 0 saturated carbocycles. The Labute approximate surface area is 124 Å². The van der Waals surface area contributed by atoms with E-state index in [0.717, 1.165) is 12.1 Å². The number of benzene rings is 2. The number of nitro benzene ring substituents is 1. The van der Waals surface area contributed by atoms with E-state index in [1.165, 1.54) is 31.2 Å². The van der Waals surface area contributed by atoms with E-state index >= 15 is 0 Å². The molecule has 2 rings (SSSR count). The van der Waals surface area contributed by atoms with Crippen molar-refractivity contribution in [1.29, 1.82) is 0 Å². The number of nitro groups is 1. The first-order valence-corrected chi connectivity index (χ1v) is 6.42. The zero-order valence-corrected chi connectivity index (χ0v) is 11.7. The second kappa shape index (κ2) is 6.05. The Morgan fingerprint density at radius 2 is 1.86 bits per heavy atom. The van der Waals surface area contributed by atoms with E-state index in [-0.39, 0.29) is 22.0 Å². The summed E-state index contributed by atoms with van der Waals surface area (Å²) in [6.45, 7) is 1.54.